The standard InChI is InChI=1S/C16H16N4O/c1-3-19-14-8-9-18-11-13(14)16(21)20(2)15-7-5-4-6-12(15)10-17/h4-9,11H,3H2,1-2H3,(H,18,19). The summed E-state index contributed by atoms with van der Waals surface area (Å²) in [6.45, 7) is 2.67. The van der Waals surface area contributed by atoms with Gasteiger partial charge in [-0.3, -0.25) is 9.78 Å². The highest BCUT2D eigenvalue weighted by molar-refractivity contribution is 6.09. The third-order valence-electron chi connectivity index (χ3n) is 3.11. The van der Waals surface area contributed by atoms with Gasteiger partial charge in [-0.2, -0.15) is 5.26 Å². The van der Waals surface area contributed by atoms with Crippen LogP contribution in [0.15, 0.2) is 42.7 Å². The van der Waals surface area contributed by atoms with Crippen LogP contribution in [0.3, 0.4) is 0 Å². The second-order valence-electron chi connectivity index (χ2n) is 4.44. The molecule has 0 unspecified atom stereocenters. The Labute approximate surface area is 123 Å². The van der Waals surface area contributed by atoms with Gasteiger partial charge in [-0.1, -0.05) is 12.1 Å². The Kier molecular flexibility index (Phi) is 4.52. The number of hydrogen-bond donors (Lipinski definition) is 1. The number of pyridine rings is 1. The van der Waals surface area contributed by atoms with Gasteiger partial charge >= 0.3 is 0 Å². The van der Waals surface area contributed by atoms with Gasteiger partial charge in [0.05, 0.1) is 22.5 Å². The van der Waals surface area contributed by atoms with Crippen LogP contribution in [-0.2, 0) is 0 Å². The van der Waals surface area contributed by atoms with Crippen LogP contribution in [0.1, 0.15) is 22.8 Å². The lowest BCUT2D eigenvalue weighted by Gasteiger charge is -2.20. The predicted octanol–water partition coefficient (Wildman–Crippen LogP) is 2.66. The first-order valence-corrected chi connectivity index (χ1v) is 6.64. The Morgan fingerprint density at radius 1 is 1.38 bits per heavy atom. The van der Waals surface area contributed by atoms with E-state index in [0.717, 1.165) is 5.69 Å². The van der Waals surface area contributed by atoms with Crippen LogP contribution >= 0.6 is 0 Å². The fourth-order valence-corrected chi connectivity index (χ4v) is 2.06. The molecule has 0 fully saturated rings. The Morgan fingerprint density at radius 3 is 2.86 bits per heavy atom. The molecule has 1 heterocycles. The molecule has 2 rings (SSSR count). The molecular weight excluding hydrogens is 264 g/mol. The van der Waals surface area contributed by atoms with E-state index in [9.17, 15) is 4.79 Å². The number of nitriles is 1. The van der Waals surface area contributed by atoms with Crippen molar-refractivity contribution < 1.29 is 4.79 Å². The number of carbonyl (C=O) groups excluding carboxylic acids is 1. The van der Waals surface area contributed by atoms with Gasteiger partial charge in [0, 0.05) is 26.0 Å². The van der Waals surface area contributed by atoms with Gasteiger partial charge < -0.3 is 10.2 Å². The van der Waals surface area contributed by atoms with E-state index in [1.54, 1.807) is 43.6 Å². The minimum Gasteiger partial charge on any atom is -0.385 e. The third kappa shape index (κ3) is 3.00. The monoisotopic (exact) mass is 280 g/mol. The van der Waals surface area contributed by atoms with E-state index in [0.29, 0.717) is 23.4 Å². The number of amides is 1. The molecule has 1 aromatic carbocycles. The van der Waals surface area contributed by atoms with Crippen LogP contribution in [-0.4, -0.2) is 24.5 Å². The molecule has 21 heavy (non-hydrogen) atoms. The van der Waals surface area contributed by atoms with Crippen LogP contribution in [0, 0.1) is 11.3 Å². The quantitative estimate of drug-likeness (QED) is 0.934. The van der Waals surface area contributed by atoms with Crippen molar-refractivity contribution in [2.45, 2.75) is 6.92 Å². The van der Waals surface area contributed by atoms with Crippen molar-refractivity contribution in [3.8, 4) is 6.07 Å². The van der Waals surface area contributed by atoms with Gasteiger partial charge in [-0.05, 0) is 25.1 Å². The second kappa shape index (κ2) is 6.53. The Bertz CT molecular complexity index is 691. The van der Waals surface area contributed by atoms with Gasteiger partial charge in [0.1, 0.15) is 6.07 Å². The molecule has 0 aliphatic rings. The molecular formula is C16H16N4O. The number of rotatable bonds is 4. The topological polar surface area (TPSA) is 69.0 Å². The summed E-state index contributed by atoms with van der Waals surface area (Å²) in [6, 6.07) is 10.9. The number of nitrogens with zero attached hydrogens (tertiary/aromatic N) is 3. The maximum Gasteiger partial charge on any atom is 0.261 e. The van der Waals surface area contributed by atoms with Crippen LogP contribution in [0.25, 0.3) is 0 Å². The van der Waals surface area contributed by atoms with Gasteiger partial charge in [0.25, 0.3) is 5.91 Å². The molecule has 0 radical (unpaired) electrons. The summed E-state index contributed by atoms with van der Waals surface area (Å²) in [5, 5.41) is 12.3. The summed E-state index contributed by atoms with van der Waals surface area (Å²) >= 11 is 0. The minimum atomic E-state index is -0.207. The lowest BCUT2D eigenvalue weighted by atomic mass is 10.1. The van der Waals surface area contributed by atoms with Gasteiger partial charge in [0.15, 0.2) is 0 Å². The number of nitrogens with one attached hydrogen (secondary N) is 1. The molecule has 0 aliphatic carbocycles. The molecule has 1 amide bonds. The average Bonchev–Trinajstić information content (AvgIpc) is 2.54. The summed E-state index contributed by atoms with van der Waals surface area (Å²) in [5.41, 5.74) is 2.26. The molecule has 106 valence electrons. The predicted molar refractivity (Wildman–Crippen MR) is 82.3 cm³/mol. The molecule has 0 saturated carbocycles. The zero-order chi connectivity index (χ0) is 15.2. The van der Waals surface area contributed by atoms with E-state index in [1.165, 1.54) is 11.1 Å². The summed E-state index contributed by atoms with van der Waals surface area (Å²) in [6.07, 6.45) is 3.17. The second-order valence-corrected chi connectivity index (χ2v) is 4.44. The fraction of sp³-hybridized carbons (Fsp3) is 0.188. The number of carbonyl (C=O) groups is 1. The number of anilines is 2. The molecule has 0 saturated heterocycles. The SMILES string of the molecule is CCNc1ccncc1C(=O)N(C)c1ccccc1C#N. The van der Waals surface area contributed by atoms with Crippen molar-refractivity contribution in [3.05, 3.63) is 53.9 Å². The van der Waals surface area contributed by atoms with Gasteiger partial charge in [-0.15, -0.1) is 0 Å². The molecule has 1 N–H and O–H groups in total. The highest BCUT2D eigenvalue weighted by Crippen LogP contribution is 2.22. The minimum absolute atomic E-state index is 0.207. The van der Waals surface area contributed by atoms with Crippen LogP contribution < -0.4 is 10.2 Å². The summed E-state index contributed by atoms with van der Waals surface area (Å²) in [7, 11) is 1.65. The van der Waals surface area contributed by atoms with E-state index in [-0.39, 0.29) is 5.91 Å². The largest absolute Gasteiger partial charge is 0.385 e. The van der Waals surface area contributed by atoms with Crippen molar-refractivity contribution in [2.75, 3.05) is 23.8 Å². The molecule has 1 aromatic heterocycles. The Balaban J connectivity index is 2.38. The molecule has 2 aromatic rings. The smallest absolute Gasteiger partial charge is 0.261 e. The van der Waals surface area contributed by atoms with Crippen molar-refractivity contribution in [3.63, 3.8) is 0 Å². The molecule has 0 bridgehead atoms. The number of para-hydroxylation sites is 1. The summed E-state index contributed by atoms with van der Waals surface area (Å²) < 4.78 is 0. The fourth-order valence-electron chi connectivity index (χ4n) is 2.06. The number of benzene rings is 1. The third-order valence-corrected chi connectivity index (χ3v) is 3.11. The van der Waals surface area contributed by atoms with E-state index < -0.39 is 0 Å². The van der Waals surface area contributed by atoms with E-state index >= 15 is 0 Å². The van der Waals surface area contributed by atoms with Crippen molar-refractivity contribution in [1.29, 1.82) is 5.26 Å². The first-order chi connectivity index (χ1) is 10.2. The maximum absolute atomic E-state index is 12.6. The lowest BCUT2D eigenvalue weighted by Crippen LogP contribution is -2.28. The van der Waals surface area contributed by atoms with Gasteiger partial charge in [0.2, 0.25) is 0 Å². The Morgan fingerprint density at radius 2 is 2.14 bits per heavy atom. The zero-order valence-electron chi connectivity index (χ0n) is 12.0. The number of hydrogen-bond acceptors (Lipinski definition) is 4. The van der Waals surface area contributed by atoms with Crippen molar-refractivity contribution in [1.82, 2.24) is 4.98 Å². The van der Waals surface area contributed by atoms with Crippen molar-refractivity contribution >= 4 is 17.3 Å². The Hall–Kier alpha value is -2.87. The molecule has 0 atom stereocenters. The lowest BCUT2D eigenvalue weighted by molar-refractivity contribution is 0.0993. The van der Waals surface area contributed by atoms with E-state index in [4.69, 9.17) is 5.26 Å². The molecule has 5 nitrogen and oxygen atoms in total. The summed E-state index contributed by atoms with van der Waals surface area (Å²) in [5.74, 6) is -0.207. The van der Waals surface area contributed by atoms with Crippen LogP contribution in [0.4, 0.5) is 11.4 Å². The molecule has 0 aliphatic heterocycles. The zero-order valence-corrected chi connectivity index (χ0v) is 12.0. The summed E-state index contributed by atoms with van der Waals surface area (Å²) in [4.78, 5) is 18.1. The first kappa shape index (κ1) is 14.5. The van der Waals surface area contributed by atoms with Crippen LogP contribution in [0.2, 0.25) is 0 Å². The number of aromatic nitrogens is 1. The molecule has 0 spiro atoms. The molecule has 5 heteroatoms. The first-order valence-electron chi connectivity index (χ1n) is 6.64. The van der Waals surface area contributed by atoms with Gasteiger partial charge in [-0.25, -0.2) is 0 Å². The van der Waals surface area contributed by atoms with Crippen molar-refractivity contribution in [2.24, 2.45) is 0 Å². The van der Waals surface area contributed by atoms with Crippen LogP contribution in [0.5, 0.6) is 0 Å². The van der Waals surface area contributed by atoms with E-state index in [2.05, 4.69) is 16.4 Å². The maximum atomic E-state index is 12.6. The van der Waals surface area contributed by atoms with E-state index in [1.807, 2.05) is 6.92 Å². The normalized spacial score (nSPS) is 9.76. The highest BCUT2D eigenvalue weighted by atomic mass is 16.2. The highest BCUT2D eigenvalue weighted by Gasteiger charge is 2.19. The average molecular weight is 280 g/mol.